The van der Waals surface area contributed by atoms with Crippen LogP contribution < -0.4 is 5.56 Å². The van der Waals surface area contributed by atoms with Crippen LogP contribution in [-0.4, -0.2) is 20.7 Å². The number of nitrogens with zero attached hydrogens (tertiary/aromatic N) is 2. The van der Waals surface area contributed by atoms with Gasteiger partial charge in [-0.2, -0.15) is 13.2 Å². The predicted molar refractivity (Wildman–Crippen MR) is 68.4 cm³/mol. The van der Waals surface area contributed by atoms with Crippen LogP contribution in [0.15, 0.2) is 23.0 Å². The van der Waals surface area contributed by atoms with Gasteiger partial charge in [0.2, 0.25) is 5.65 Å². The van der Waals surface area contributed by atoms with E-state index in [2.05, 4.69) is 9.97 Å². The molecule has 21 heavy (non-hydrogen) atoms. The van der Waals surface area contributed by atoms with Crippen LogP contribution in [0.1, 0.15) is 21.7 Å². The van der Waals surface area contributed by atoms with Gasteiger partial charge in [0.25, 0.3) is 5.56 Å². The molecule has 0 spiro atoms. The molecular formula is C13H8F3N3O2. The maximum absolute atomic E-state index is 12.7. The first-order valence-corrected chi connectivity index (χ1v) is 5.90. The molecule has 0 fully saturated rings. The Bertz CT molecular complexity index is 938. The Balaban J connectivity index is 2.47. The molecule has 2 heterocycles. The van der Waals surface area contributed by atoms with Crippen LogP contribution >= 0.6 is 0 Å². The average Bonchev–Trinajstić information content (AvgIpc) is 2.75. The van der Waals surface area contributed by atoms with Gasteiger partial charge in [0, 0.05) is 0 Å². The topological polar surface area (TPSA) is 67.2 Å². The van der Waals surface area contributed by atoms with Crippen molar-refractivity contribution < 1.29 is 18.0 Å². The number of fused-ring (bicyclic) bond motifs is 3. The van der Waals surface area contributed by atoms with Crippen LogP contribution in [-0.2, 0) is 6.18 Å². The van der Waals surface area contributed by atoms with E-state index < -0.39 is 17.3 Å². The first-order valence-electron chi connectivity index (χ1n) is 5.90. The molecule has 3 aromatic rings. The van der Waals surface area contributed by atoms with E-state index in [1.54, 1.807) is 6.92 Å². The van der Waals surface area contributed by atoms with Gasteiger partial charge in [0.05, 0.1) is 22.3 Å². The number of halogens is 3. The van der Waals surface area contributed by atoms with E-state index in [0.717, 1.165) is 12.1 Å². The zero-order valence-corrected chi connectivity index (χ0v) is 10.7. The molecule has 0 atom stereocenters. The lowest BCUT2D eigenvalue weighted by atomic mass is 10.2. The summed E-state index contributed by atoms with van der Waals surface area (Å²) in [5.74, 6) is 0. The number of H-pyrrole nitrogens is 1. The molecule has 0 saturated carbocycles. The molecule has 0 unspecified atom stereocenters. The van der Waals surface area contributed by atoms with Crippen molar-refractivity contribution in [2.75, 3.05) is 0 Å². The van der Waals surface area contributed by atoms with Crippen LogP contribution in [0, 0.1) is 6.92 Å². The summed E-state index contributed by atoms with van der Waals surface area (Å²) < 4.78 is 39.5. The second-order valence-corrected chi connectivity index (χ2v) is 4.54. The van der Waals surface area contributed by atoms with Gasteiger partial charge in [-0.1, -0.05) is 0 Å². The summed E-state index contributed by atoms with van der Waals surface area (Å²) in [5.41, 5.74) is -0.696. The van der Waals surface area contributed by atoms with Gasteiger partial charge in [-0.3, -0.25) is 14.0 Å². The minimum absolute atomic E-state index is 0.0261. The summed E-state index contributed by atoms with van der Waals surface area (Å²) in [6, 6.07) is 3.01. The normalized spacial score (nSPS) is 12.2. The van der Waals surface area contributed by atoms with Crippen molar-refractivity contribution in [1.82, 2.24) is 14.4 Å². The standard InChI is InChI=1S/C13H8F3N3O2/c1-6-9(5-20)17-11-12(21)18-8-4-7(13(14,15)16)2-3-10(8)19(6)11/h2-5H,1H3,(H,18,21). The Morgan fingerprint density at radius 3 is 2.67 bits per heavy atom. The molecule has 0 bridgehead atoms. The molecule has 0 saturated heterocycles. The zero-order valence-electron chi connectivity index (χ0n) is 10.7. The van der Waals surface area contributed by atoms with E-state index in [0.29, 0.717) is 17.5 Å². The highest BCUT2D eigenvalue weighted by molar-refractivity contribution is 5.82. The number of rotatable bonds is 1. The zero-order chi connectivity index (χ0) is 15.4. The molecule has 0 aliphatic heterocycles. The minimum atomic E-state index is -4.50. The minimum Gasteiger partial charge on any atom is -0.317 e. The van der Waals surface area contributed by atoms with Gasteiger partial charge >= 0.3 is 6.18 Å². The third-order valence-electron chi connectivity index (χ3n) is 3.27. The summed E-state index contributed by atoms with van der Waals surface area (Å²) in [6.07, 6.45) is -4.00. The predicted octanol–water partition coefficient (Wildman–Crippen LogP) is 2.32. The van der Waals surface area contributed by atoms with Gasteiger partial charge < -0.3 is 4.98 Å². The summed E-state index contributed by atoms with van der Waals surface area (Å²) in [6.45, 7) is 1.57. The summed E-state index contributed by atoms with van der Waals surface area (Å²) in [5, 5.41) is 0. The monoisotopic (exact) mass is 295 g/mol. The van der Waals surface area contributed by atoms with Gasteiger partial charge in [-0.25, -0.2) is 4.98 Å². The maximum Gasteiger partial charge on any atom is 0.416 e. The molecule has 5 nitrogen and oxygen atoms in total. The average molecular weight is 295 g/mol. The lowest BCUT2D eigenvalue weighted by Gasteiger charge is -2.09. The number of imidazole rings is 1. The summed E-state index contributed by atoms with van der Waals surface area (Å²) >= 11 is 0. The Labute approximate surface area is 115 Å². The van der Waals surface area contributed by atoms with Crippen molar-refractivity contribution >= 4 is 23.0 Å². The van der Waals surface area contributed by atoms with Crippen LogP contribution in [0.3, 0.4) is 0 Å². The fraction of sp³-hybridized carbons (Fsp3) is 0.154. The van der Waals surface area contributed by atoms with Crippen molar-refractivity contribution in [3.8, 4) is 0 Å². The van der Waals surface area contributed by atoms with E-state index in [-0.39, 0.29) is 16.9 Å². The molecule has 2 aromatic heterocycles. The molecule has 0 radical (unpaired) electrons. The molecule has 3 rings (SSSR count). The highest BCUT2D eigenvalue weighted by atomic mass is 19.4. The number of alkyl halides is 3. The molecule has 1 N–H and O–H groups in total. The van der Waals surface area contributed by atoms with Crippen LogP contribution in [0.4, 0.5) is 13.2 Å². The third kappa shape index (κ3) is 1.91. The number of aromatic nitrogens is 3. The van der Waals surface area contributed by atoms with Crippen molar-refractivity contribution in [3.63, 3.8) is 0 Å². The third-order valence-corrected chi connectivity index (χ3v) is 3.27. The fourth-order valence-electron chi connectivity index (χ4n) is 2.26. The Hall–Kier alpha value is -2.64. The molecule has 1 aromatic carbocycles. The number of carbonyl (C=O) groups excluding carboxylic acids is 1. The Kier molecular flexibility index (Phi) is 2.65. The van der Waals surface area contributed by atoms with Crippen LogP contribution in [0.5, 0.6) is 0 Å². The number of aldehydes is 1. The largest absolute Gasteiger partial charge is 0.416 e. The van der Waals surface area contributed by atoms with E-state index in [9.17, 15) is 22.8 Å². The van der Waals surface area contributed by atoms with E-state index in [4.69, 9.17) is 0 Å². The van der Waals surface area contributed by atoms with Gasteiger partial charge in [0.1, 0.15) is 5.69 Å². The van der Waals surface area contributed by atoms with Gasteiger partial charge in [-0.05, 0) is 25.1 Å². The van der Waals surface area contributed by atoms with Crippen molar-refractivity contribution in [3.05, 3.63) is 45.5 Å². The molecule has 108 valence electrons. The molecule has 0 aliphatic rings. The maximum atomic E-state index is 12.7. The van der Waals surface area contributed by atoms with Crippen LogP contribution in [0.25, 0.3) is 16.7 Å². The SMILES string of the molecule is Cc1c(C=O)nc2c(=O)[nH]c3cc(C(F)(F)F)ccc3n12. The molecular weight excluding hydrogens is 287 g/mol. The fourth-order valence-corrected chi connectivity index (χ4v) is 2.26. The first kappa shape index (κ1) is 13.3. The Morgan fingerprint density at radius 1 is 1.33 bits per heavy atom. The van der Waals surface area contributed by atoms with E-state index in [1.807, 2.05) is 0 Å². The van der Waals surface area contributed by atoms with E-state index >= 15 is 0 Å². The second-order valence-electron chi connectivity index (χ2n) is 4.54. The number of hydrogen-bond acceptors (Lipinski definition) is 3. The van der Waals surface area contributed by atoms with E-state index in [1.165, 1.54) is 10.5 Å². The number of aryl methyl sites for hydroxylation is 1. The number of aromatic amines is 1. The summed E-state index contributed by atoms with van der Waals surface area (Å²) in [7, 11) is 0. The second kappa shape index (κ2) is 4.18. The number of benzene rings is 1. The van der Waals surface area contributed by atoms with Crippen LogP contribution in [0.2, 0.25) is 0 Å². The smallest absolute Gasteiger partial charge is 0.317 e. The van der Waals surface area contributed by atoms with Gasteiger partial charge in [0.15, 0.2) is 6.29 Å². The number of hydrogen-bond donors (Lipinski definition) is 1. The number of carbonyl (C=O) groups is 1. The van der Waals surface area contributed by atoms with Crippen molar-refractivity contribution in [2.45, 2.75) is 13.1 Å². The quantitative estimate of drug-likeness (QED) is 0.701. The lowest BCUT2D eigenvalue weighted by Crippen LogP contribution is -2.12. The van der Waals surface area contributed by atoms with Gasteiger partial charge in [-0.15, -0.1) is 0 Å². The van der Waals surface area contributed by atoms with Crippen molar-refractivity contribution in [2.24, 2.45) is 0 Å². The summed E-state index contributed by atoms with van der Waals surface area (Å²) in [4.78, 5) is 29.0. The Morgan fingerprint density at radius 2 is 2.05 bits per heavy atom. The first-order chi connectivity index (χ1) is 9.82. The highest BCUT2D eigenvalue weighted by Crippen LogP contribution is 2.31. The molecule has 0 amide bonds. The molecule has 0 aliphatic carbocycles. The highest BCUT2D eigenvalue weighted by Gasteiger charge is 2.30. The lowest BCUT2D eigenvalue weighted by molar-refractivity contribution is -0.137. The van der Waals surface area contributed by atoms with Crippen molar-refractivity contribution in [1.29, 1.82) is 0 Å². The molecule has 8 heteroatoms. The number of nitrogens with one attached hydrogen (secondary N) is 1.